The van der Waals surface area contributed by atoms with Gasteiger partial charge in [-0.15, -0.1) is 0 Å². The quantitative estimate of drug-likeness (QED) is 0.638. The molecule has 0 aliphatic heterocycles. The van der Waals surface area contributed by atoms with E-state index in [1.165, 1.54) is 30.5 Å². The number of hydrogen-bond acceptors (Lipinski definition) is 5. The lowest BCUT2D eigenvalue weighted by Gasteiger charge is -2.12. The number of allylic oxidation sites excluding steroid dienone is 1. The van der Waals surface area contributed by atoms with Crippen molar-refractivity contribution in [3.05, 3.63) is 59.5 Å². The number of benzene rings is 1. The van der Waals surface area contributed by atoms with Crippen molar-refractivity contribution < 1.29 is 13.7 Å². The zero-order chi connectivity index (χ0) is 20.2. The minimum absolute atomic E-state index is 0.0773. The Morgan fingerprint density at radius 2 is 2.10 bits per heavy atom. The second-order valence-electron chi connectivity index (χ2n) is 7.09. The van der Waals surface area contributed by atoms with E-state index >= 15 is 0 Å². The van der Waals surface area contributed by atoms with Gasteiger partial charge in [-0.25, -0.2) is 9.07 Å². The summed E-state index contributed by atoms with van der Waals surface area (Å²) in [5.41, 5.74) is 3.42. The van der Waals surface area contributed by atoms with Crippen LogP contribution in [0.15, 0.2) is 46.6 Å². The third-order valence-corrected chi connectivity index (χ3v) is 4.97. The largest absolute Gasteiger partial charge is 0.348 e. The molecule has 1 aromatic carbocycles. The van der Waals surface area contributed by atoms with Crippen LogP contribution in [0.5, 0.6) is 0 Å². The fourth-order valence-corrected chi connectivity index (χ4v) is 3.37. The Morgan fingerprint density at radius 1 is 1.28 bits per heavy atom. The molecule has 0 fully saturated rings. The van der Waals surface area contributed by atoms with Crippen LogP contribution in [0.1, 0.15) is 48.5 Å². The first-order valence-electron chi connectivity index (χ1n) is 9.72. The molecule has 2 heterocycles. The topological polar surface area (TPSA) is 85.8 Å². The number of rotatable bonds is 6. The van der Waals surface area contributed by atoms with Gasteiger partial charge in [0.15, 0.2) is 0 Å². The predicted molar refractivity (Wildman–Crippen MR) is 105 cm³/mol. The number of carbonyl (C=O) groups is 1. The predicted octanol–water partition coefficient (Wildman–Crippen LogP) is 3.99. The lowest BCUT2D eigenvalue weighted by molar-refractivity contribution is 0.0910. The Bertz CT molecular complexity index is 1040. The van der Waals surface area contributed by atoms with E-state index in [9.17, 15) is 9.18 Å². The van der Waals surface area contributed by atoms with Gasteiger partial charge >= 0.3 is 11.8 Å². The molecule has 8 heteroatoms. The first-order chi connectivity index (χ1) is 14.1. The van der Waals surface area contributed by atoms with Crippen LogP contribution in [-0.2, 0) is 0 Å². The van der Waals surface area contributed by atoms with Gasteiger partial charge in [-0.05, 0) is 63.3 Å². The smallest absolute Gasteiger partial charge is 0.316 e. The molecule has 7 nitrogen and oxygen atoms in total. The van der Waals surface area contributed by atoms with Crippen LogP contribution >= 0.6 is 0 Å². The van der Waals surface area contributed by atoms with Gasteiger partial charge in [-0.1, -0.05) is 16.8 Å². The molecule has 150 valence electrons. The van der Waals surface area contributed by atoms with Crippen molar-refractivity contribution in [3.63, 3.8) is 0 Å². The third kappa shape index (κ3) is 4.42. The summed E-state index contributed by atoms with van der Waals surface area (Å²) in [7, 11) is 0. The number of nitrogens with one attached hydrogen (secondary N) is 1. The molecule has 1 aliphatic carbocycles. The maximum absolute atomic E-state index is 13.1. The van der Waals surface area contributed by atoms with Crippen LogP contribution in [0.25, 0.3) is 17.1 Å². The second kappa shape index (κ2) is 8.38. The first kappa shape index (κ1) is 19.0. The maximum Gasteiger partial charge on any atom is 0.316 e. The van der Waals surface area contributed by atoms with Gasteiger partial charge < -0.3 is 9.84 Å². The van der Waals surface area contributed by atoms with E-state index in [0.717, 1.165) is 19.3 Å². The highest BCUT2D eigenvalue weighted by Gasteiger charge is 2.19. The molecular formula is C21H22FN5O2. The summed E-state index contributed by atoms with van der Waals surface area (Å²) in [6.07, 6.45) is 9.54. The van der Waals surface area contributed by atoms with Crippen LogP contribution in [0, 0.1) is 12.7 Å². The van der Waals surface area contributed by atoms with Gasteiger partial charge in [0.05, 0.1) is 16.9 Å². The van der Waals surface area contributed by atoms with E-state index in [1.54, 1.807) is 23.0 Å². The Balaban J connectivity index is 1.42. The van der Waals surface area contributed by atoms with Crippen molar-refractivity contribution >= 4 is 5.91 Å². The molecule has 0 bridgehead atoms. The normalized spacial score (nSPS) is 13.9. The highest BCUT2D eigenvalue weighted by molar-refractivity contribution is 5.89. The van der Waals surface area contributed by atoms with Crippen LogP contribution in [0.4, 0.5) is 4.39 Å². The molecule has 4 rings (SSSR count). The van der Waals surface area contributed by atoms with Gasteiger partial charge in [-0.2, -0.15) is 10.1 Å². The summed E-state index contributed by atoms with van der Waals surface area (Å²) in [6.45, 7) is 2.35. The van der Waals surface area contributed by atoms with E-state index < -0.39 is 0 Å². The molecule has 0 atom stereocenters. The zero-order valence-electron chi connectivity index (χ0n) is 16.2. The molecule has 0 unspecified atom stereocenters. The van der Waals surface area contributed by atoms with Crippen molar-refractivity contribution in [1.29, 1.82) is 0 Å². The zero-order valence-corrected chi connectivity index (χ0v) is 16.2. The summed E-state index contributed by atoms with van der Waals surface area (Å²) in [6, 6.07) is 5.99. The van der Waals surface area contributed by atoms with Crippen LogP contribution in [-0.4, -0.2) is 32.4 Å². The minimum Gasteiger partial charge on any atom is -0.348 e. The summed E-state index contributed by atoms with van der Waals surface area (Å²) in [4.78, 5) is 16.5. The van der Waals surface area contributed by atoms with Crippen LogP contribution in [0.3, 0.4) is 0 Å². The number of hydrogen-bond donors (Lipinski definition) is 1. The van der Waals surface area contributed by atoms with Gasteiger partial charge in [0.25, 0.3) is 0 Å². The number of aromatic nitrogens is 4. The van der Waals surface area contributed by atoms with E-state index in [4.69, 9.17) is 4.52 Å². The van der Waals surface area contributed by atoms with Gasteiger partial charge in [-0.3, -0.25) is 4.79 Å². The molecule has 0 radical (unpaired) electrons. The van der Waals surface area contributed by atoms with Gasteiger partial charge in [0, 0.05) is 12.7 Å². The molecule has 1 aliphatic rings. The molecule has 0 saturated heterocycles. The summed E-state index contributed by atoms with van der Waals surface area (Å²) in [5, 5.41) is 11.2. The second-order valence-corrected chi connectivity index (χ2v) is 7.09. The SMILES string of the molecule is Cc1nn(-c2ccc(F)cc2)cc1-c1noc(C(=O)NCCC2=CCCCC2)n1. The number of carbonyl (C=O) groups excluding carboxylic acids is 1. The molecule has 3 aromatic rings. The molecule has 0 spiro atoms. The van der Waals surface area contributed by atoms with Crippen molar-refractivity contribution in [2.75, 3.05) is 6.54 Å². The highest BCUT2D eigenvalue weighted by Crippen LogP contribution is 2.22. The lowest BCUT2D eigenvalue weighted by Crippen LogP contribution is -2.25. The highest BCUT2D eigenvalue weighted by atomic mass is 19.1. The molecule has 1 N–H and O–H groups in total. The Kier molecular flexibility index (Phi) is 5.50. The molecule has 29 heavy (non-hydrogen) atoms. The average molecular weight is 395 g/mol. The fourth-order valence-electron chi connectivity index (χ4n) is 3.37. The Morgan fingerprint density at radius 3 is 2.86 bits per heavy atom. The molecule has 2 aromatic heterocycles. The first-order valence-corrected chi connectivity index (χ1v) is 9.72. The lowest BCUT2D eigenvalue weighted by atomic mass is 9.97. The van der Waals surface area contributed by atoms with Crippen LogP contribution < -0.4 is 5.32 Å². The number of amides is 1. The molecule has 0 saturated carbocycles. The number of nitrogens with zero attached hydrogens (tertiary/aromatic N) is 4. The van der Waals surface area contributed by atoms with Gasteiger partial charge in [0.2, 0.25) is 5.82 Å². The van der Waals surface area contributed by atoms with E-state index in [-0.39, 0.29) is 23.4 Å². The van der Waals surface area contributed by atoms with Gasteiger partial charge in [0.1, 0.15) is 5.82 Å². The van der Waals surface area contributed by atoms with Crippen LogP contribution in [0.2, 0.25) is 0 Å². The molecular weight excluding hydrogens is 373 g/mol. The number of halogens is 1. The summed E-state index contributed by atoms with van der Waals surface area (Å²) < 4.78 is 19.9. The standard InChI is InChI=1S/C21H22FN5O2/c1-14-18(13-27(25-14)17-9-7-16(22)8-10-17)19-24-21(29-26-19)20(28)23-12-11-15-5-3-2-4-6-15/h5,7-10,13H,2-4,6,11-12H2,1H3,(H,23,28). The monoisotopic (exact) mass is 395 g/mol. The Hall–Kier alpha value is -3.29. The average Bonchev–Trinajstić information content (AvgIpc) is 3.36. The Labute approximate surface area is 167 Å². The van der Waals surface area contributed by atoms with Crippen molar-refractivity contribution in [1.82, 2.24) is 25.2 Å². The third-order valence-electron chi connectivity index (χ3n) is 4.97. The molecule has 1 amide bonds. The summed E-state index contributed by atoms with van der Waals surface area (Å²) in [5.74, 6) is -0.488. The van der Waals surface area contributed by atoms with E-state index in [2.05, 4.69) is 26.6 Å². The van der Waals surface area contributed by atoms with Crippen molar-refractivity contribution in [3.8, 4) is 17.1 Å². The fraction of sp³-hybridized carbons (Fsp3) is 0.333. The van der Waals surface area contributed by atoms with E-state index in [0.29, 0.717) is 23.5 Å². The minimum atomic E-state index is -0.385. The van der Waals surface area contributed by atoms with E-state index in [1.807, 2.05) is 6.92 Å². The van der Waals surface area contributed by atoms with Crippen molar-refractivity contribution in [2.45, 2.75) is 39.0 Å². The summed E-state index contributed by atoms with van der Waals surface area (Å²) >= 11 is 0. The van der Waals surface area contributed by atoms with Crippen molar-refractivity contribution in [2.24, 2.45) is 0 Å². The maximum atomic E-state index is 13.1. The number of aryl methyl sites for hydroxylation is 1.